The number of carbonyl (C=O) groups is 2. The number of hydrogen-bond acceptors (Lipinski definition) is 3. The van der Waals surface area contributed by atoms with Crippen LogP contribution in [0.15, 0.2) is 24.3 Å². The number of rotatable bonds is 8. The molecule has 2 amide bonds. The molecule has 0 aliphatic heterocycles. The number of amides is 2. The Morgan fingerprint density at radius 3 is 2.23 bits per heavy atom. The molecule has 0 saturated heterocycles. The van der Waals surface area contributed by atoms with Crippen LogP contribution in [0.5, 0.6) is 0 Å². The molecule has 0 aliphatic carbocycles. The molecule has 0 aromatic heterocycles. The minimum Gasteiger partial charge on any atom is -0.391 e. The van der Waals surface area contributed by atoms with E-state index in [1.165, 1.54) is 6.92 Å². The van der Waals surface area contributed by atoms with Gasteiger partial charge in [0.05, 0.1) is 12.5 Å². The number of anilines is 1. The van der Waals surface area contributed by atoms with Gasteiger partial charge < -0.3 is 15.7 Å². The predicted octanol–water partition coefficient (Wildman–Crippen LogP) is 2.10. The zero-order valence-corrected chi connectivity index (χ0v) is 13.6. The van der Waals surface area contributed by atoms with Crippen LogP contribution in [0, 0.1) is 5.92 Å². The summed E-state index contributed by atoms with van der Waals surface area (Å²) in [5, 5.41) is 15.4. The Morgan fingerprint density at radius 1 is 1.14 bits per heavy atom. The van der Waals surface area contributed by atoms with E-state index >= 15 is 0 Å². The maximum atomic E-state index is 11.9. The zero-order valence-electron chi connectivity index (χ0n) is 13.6. The van der Waals surface area contributed by atoms with Crippen molar-refractivity contribution in [1.29, 1.82) is 0 Å². The van der Waals surface area contributed by atoms with Crippen molar-refractivity contribution >= 4 is 17.5 Å². The van der Waals surface area contributed by atoms with Crippen molar-refractivity contribution in [3.05, 3.63) is 29.8 Å². The van der Waals surface area contributed by atoms with Crippen LogP contribution < -0.4 is 10.6 Å². The molecule has 0 heterocycles. The lowest BCUT2D eigenvalue weighted by Crippen LogP contribution is -2.36. The number of hydrogen-bond donors (Lipinski definition) is 3. The van der Waals surface area contributed by atoms with Crippen molar-refractivity contribution in [3.63, 3.8) is 0 Å². The third-order valence-corrected chi connectivity index (χ3v) is 3.74. The normalized spacial score (nSPS) is 12.0. The average Bonchev–Trinajstić information content (AvgIpc) is 2.48. The molecule has 0 saturated carbocycles. The van der Waals surface area contributed by atoms with Crippen molar-refractivity contribution in [2.45, 2.75) is 46.1 Å². The third-order valence-electron chi connectivity index (χ3n) is 3.74. The lowest BCUT2D eigenvalue weighted by molar-refractivity contribution is -0.121. The molecule has 1 atom stereocenters. The Bertz CT molecular complexity index is 481. The smallest absolute Gasteiger partial charge is 0.224 e. The van der Waals surface area contributed by atoms with Crippen LogP contribution >= 0.6 is 0 Å². The molecule has 1 aromatic rings. The molecule has 5 heteroatoms. The van der Waals surface area contributed by atoms with Gasteiger partial charge in [0.1, 0.15) is 0 Å². The van der Waals surface area contributed by atoms with Crippen LogP contribution in [0.4, 0.5) is 5.69 Å². The quantitative estimate of drug-likeness (QED) is 0.688. The fourth-order valence-electron chi connectivity index (χ4n) is 2.37. The Labute approximate surface area is 132 Å². The van der Waals surface area contributed by atoms with E-state index in [1.807, 2.05) is 26.0 Å². The van der Waals surface area contributed by atoms with Gasteiger partial charge in [-0.3, -0.25) is 9.59 Å². The molecule has 1 aromatic carbocycles. The Kier molecular flexibility index (Phi) is 7.60. The van der Waals surface area contributed by atoms with Gasteiger partial charge in [-0.05, 0) is 23.6 Å². The second kappa shape index (κ2) is 9.20. The largest absolute Gasteiger partial charge is 0.391 e. The Morgan fingerprint density at radius 2 is 1.73 bits per heavy atom. The summed E-state index contributed by atoms with van der Waals surface area (Å²) >= 11 is 0. The lowest BCUT2D eigenvalue weighted by Gasteiger charge is -2.20. The highest BCUT2D eigenvalue weighted by molar-refractivity contribution is 5.88. The first-order chi connectivity index (χ1) is 10.5. The maximum absolute atomic E-state index is 11.9. The summed E-state index contributed by atoms with van der Waals surface area (Å²) in [4.78, 5) is 22.8. The van der Waals surface area contributed by atoms with E-state index in [0.29, 0.717) is 5.69 Å². The molecular formula is C17H26N2O3. The summed E-state index contributed by atoms with van der Waals surface area (Å²) in [6, 6.07) is 7.15. The minimum atomic E-state index is -0.499. The maximum Gasteiger partial charge on any atom is 0.224 e. The first-order valence-corrected chi connectivity index (χ1v) is 7.77. The highest BCUT2D eigenvalue weighted by Gasteiger charge is 2.16. The van der Waals surface area contributed by atoms with Gasteiger partial charge in [0.2, 0.25) is 11.8 Å². The SMILES string of the molecule is CCC(CC)C(O)CNC(=O)Cc1ccc(NC(C)=O)cc1. The molecule has 1 rings (SSSR count). The van der Waals surface area contributed by atoms with Crippen molar-refractivity contribution in [1.82, 2.24) is 5.32 Å². The van der Waals surface area contributed by atoms with Crippen LogP contribution in [0.1, 0.15) is 39.2 Å². The second-order valence-corrected chi connectivity index (χ2v) is 5.50. The predicted molar refractivity (Wildman–Crippen MR) is 87.5 cm³/mol. The molecule has 5 nitrogen and oxygen atoms in total. The van der Waals surface area contributed by atoms with Gasteiger partial charge >= 0.3 is 0 Å². The highest BCUT2D eigenvalue weighted by atomic mass is 16.3. The summed E-state index contributed by atoms with van der Waals surface area (Å²) in [5.74, 6) is -0.0181. The van der Waals surface area contributed by atoms with E-state index in [-0.39, 0.29) is 30.7 Å². The summed E-state index contributed by atoms with van der Waals surface area (Å²) < 4.78 is 0. The summed E-state index contributed by atoms with van der Waals surface area (Å²) in [7, 11) is 0. The van der Waals surface area contributed by atoms with Crippen LogP contribution in [-0.2, 0) is 16.0 Å². The molecule has 0 spiro atoms. The fourth-order valence-corrected chi connectivity index (χ4v) is 2.37. The Balaban J connectivity index is 2.43. The van der Waals surface area contributed by atoms with Gasteiger partial charge in [-0.2, -0.15) is 0 Å². The average molecular weight is 306 g/mol. The third kappa shape index (κ3) is 6.26. The highest BCUT2D eigenvalue weighted by Crippen LogP contribution is 2.13. The topological polar surface area (TPSA) is 78.4 Å². The van der Waals surface area contributed by atoms with E-state index in [9.17, 15) is 14.7 Å². The number of aliphatic hydroxyl groups is 1. The van der Waals surface area contributed by atoms with E-state index in [0.717, 1.165) is 18.4 Å². The van der Waals surface area contributed by atoms with Gasteiger partial charge in [0.15, 0.2) is 0 Å². The zero-order chi connectivity index (χ0) is 16.5. The monoisotopic (exact) mass is 306 g/mol. The van der Waals surface area contributed by atoms with Gasteiger partial charge in [-0.15, -0.1) is 0 Å². The van der Waals surface area contributed by atoms with E-state index in [1.54, 1.807) is 12.1 Å². The molecule has 3 N–H and O–H groups in total. The van der Waals surface area contributed by atoms with Gasteiger partial charge in [-0.25, -0.2) is 0 Å². The first kappa shape index (κ1) is 18.2. The molecule has 0 aliphatic rings. The molecule has 1 unspecified atom stereocenters. The van der Waals surface area contributed by atoms with Crippen molar-refractivity contribution in [2.75, 3.05) is 11.9 Å². The molecule has 0 radical (unpaired) electrons. The first-order valence-electron chi connectivity index (χ1n) is 7.77. The number of aliphatic hydroxyl groups excluding tert-OH is 1. The number of nitrogens with one attached hydrogen (secondary N) is 2. The second-order valence-electron chi connectivity index (χ2n) is 5.50. The Hall–Kier alpha value is -1.88. The van der Waals surface area contributed by atoms with E-state index in [4.69, 9.17) is 0 Å². The number of carbonyl (C=O) groups excluding carboxylic acids is 2. The van der Waals surface area contributed by atoms with Gasteiger partial charge in [0, 0.05) is 19.2 Å². The summed E-state index contributed by atoms with van der Waals surface area (Å²) in [6.45, 7) is 5.81. The van der Waals surface area contributed by atoms with Crippen LogP contribution in [0.3, 0.4) is 0 Å². The van der Waals surface area contributed by atoms with Crippen molar-refractivity contribution in [2.24, 2.45) is 5.92 Å². The van der Waals surface area contributed by atoms with E-state index < -0.39 is 6.10 Å². The summed E-state index contributed by atoms with van der Waals surface area (Å²) in [5.41, 5.74) is 1.57. The minimum absolute atomic E-state index is 0.114. The molecular weight excluding hydrogens is 280 g/mol. The molecule has 0 bridgehead atoms. The van der Waals surface area contributed by atoms with Crippen molar-refractivity contribution in [3.8, 4) is 0 Å². The van der Waals surface area contributed by atoms with Crippen LogP contribution in [0.2, 0.25) is 0 Å². The van der Waals surface area contributed by atoms with E-state index in [2.05, 4.69) is 10.6 Å². The standard InChI is InChI=1S/C17H26N2O3/c1-4-14(5-2)16(21)11-18-17(22)10-13-6-8-15(9-7-13)19-12(3)20/h6-9,14,16,21H,4-5,10-11H2,1-3H3,(H,18,22)(H,19,20). The molecule has 0 fully saturated rings. The number of benzene rings is 1. The van der Waals surface area contributed by atoms with Gasteiger partial charge in [0.25, 0.3) is 0 Å². The lowest BCUT2D eigenvalue weighted by atomic mass is 9.96. The van der Waals surface area contributed by atoms with Crippen LogP contribution in [-0.4, -0.2) is 29.6 Å². The van der Waals surface area contributed by atoms with Crippen LogP contribution in [0.25, 0.3) is 0 Å². The fraction of sp³-hybridized carbons (Fsp3) is 0.529. The molecule has 122 valence electrons. The summed E-state index contributed by atoms with van der Waals surface area (Å²) in [6.07, 6.45) is 1.56. The molecule has 22 heavy (non-hydrogen) atoms. The van der Waals surface area contributed by atoms with Crippen molar-refractivity contribution < 1.29 is 14.7 Å². The van der Waals surface area contributed by atoms with Gasteiger partial charge in [-0.1, -0.05) is 38.8 Å².